The van der Waals surface area contributed by atoms with Crippen molar-refractivity contribution < 1.29 is 0 Å². The quantitative estimate of drug-likeness (QED) is 0.698. The van der Waals surface area contributed by atoms with Crippen LogP contribution in [0.25, 0.3) is 10.9 Å². The summed E-state index contributed by atoms with van der Waals surface area (Å²) in [5.74, 6) is 0. The summed E-state index contributed by atoms with van der Waals surface area (Å²) in [7, 11) is 0. The first-order valence-electron chi connectivity index (χ1n) is 8.35. The van der Waals surface area contributed by atoms with Crippen LogP contribution in [0.1, 0.15) is 40.4 Å². The summed E-state index contributed by atoms with van der Waals surface area (Å²) in [5, 5.41) is 5.11. The highest BCUT2D eigenvalue weighted by atomic mass is 15.0. The van der Waals surface area contributed by atoms with Crippen molar-refractivity contribution in [1.82, 2.24) is 10.3 Å². The highest BCUT2D eigenvalue weighted by Crippen LogP contribution is 2.35. The van der Waals surface area contributed by atoms with E-state index in [-0.39, 0.29) is 0 Å². The third-order valence-corrected chi connectivity index (χ3v) is 5.31. The van der Waals surface area contributed by atoms with Crippen LogP contribution in [0.2, 0.25) is 0 Å². The number of aromatic amines is 1. The smallest absolute Gasteiger partial charge is 0.0732 e. The van der Waals surface area contributed by atoms with Gasteiger partial charge in [0.1, 0.15) is 0 Å². The van der Waals surface area contributed by atoms with E-state index >= 15 is 0 Å². The normalized spacial score (nSPS) is 20.1. The van der Waals surface area contributed by atoms with Gasteiger partial charge in [-0.15, -0.1) is 0 Å². The van der Waals surface area contributed by atoms with Crippen molar-refractivity contribution in [2.75, 3.05) is 6.54 Å². The Kier molecular flexibility index (Phi) is 2.68. The molecule has 3 aromatic rings. The highest BCUT2D eigenvalue weighted by Gasteiger charge is 2.25. The standard InChI is InChI=1S/C20H20N2/c1-2-7-18-16(6-1)17-10-11-21-19(20(17)22-18)15-9-8-13-4-3-5-14(13)12-15/h1-2,6-9,12,19,21-22H,3-5,10-11H2/t19-/m0/s1. The lowest BCUT2D eigenvalue weighted by atomic mass is 9.92. The molecule has 2 heterocycles. The highest BCUT2D eigenvalue weighted by molar-refractivity contribution is 5.85. The maximum Gasteiger partial charge on any atom is 0.0732 e. The van der Waals surface area contributed by atoms with Gasteiger partial charge in [-0.05, 0) is 54.0 Å². The van der Waals surface area contributed by atoms with Gasteiger partial charge in [-0.1, -0.05) is 36.4 Å². The molecule has 0 unspecified atom stereocenters. The molecule has 2 heteroatoms. The minimum Gasteiger partial charge on any atom is -0.357 e. The third kappa shape index (κ3) is 1.77. The second-order valence-electron chi connectivity index (χ2n) is 6.58. The van der Waals surface area contributed by atoms with E-state index in [1.165, 1.54) is 47.0 Å². The fourth-order valence-electron chi connectivity index (χ4n) is 4.24. The van der Waals surface area contributed by atoms with E-state index in [1.54, 1.807) is 11.1 Å². The molecular weight excluding hydrogens is 268 g/mol. The van der Waals surface area contributed by atoms with Crippen molar-refractivity contribution in [2.24, 2.45) is 0 Å². The number of aromatic nitrogens is 1. The molecule has 0 saturated carbocycles. The molecule has 0 radical (unpaired) electrons. The number of hydrogen-bond acceptors (Lipinski definition) is 1. The number of para-hydroxylation sites is 1. The van der Waals surface area contributed by atoms with Gasteiger partial charge < -0.3 is 10.3 Å². The van der Waals surface area contributed by atoms with Crippen LogP contribution in [0.3, 0.4) is 0 Å². The molecule has 110 valence electrons. The van der Waals surface area contributed by atoms with E-state index < -0.39 is 0 Å². The van der Waals surface area contributed by atoms with E-state index in [1.807, 2.05) is 0 Å². The molecule has 2 N–H and O–H groups in total. The third-order valence-electron chi connectivity index (χ3n) is 5.31. The molecule has 1 aromatic heterocycles. The molecule has 0 amide bonds. The molecule has 1 atom stereocenters. The van der Waals surface area contributed by atoms with Gasteiger partial charge in [-0.3, -0.25) is 0 Å². The first kappa shape index (κ1) is 12.5. The molecule has 0 fully saturated rings. The molecule has 2 nitrogen and oxygen atoms in total. The van der Waals surface area contributed by atoms with Crippen LogP contribution in [-0.4, -0.2) is 11.5 Å². The summed E-state index contributed by atoms with van der Waals surface area (Å²) in [4.78, 5) is 3.67. The maximum atomic E-state index is 3.71. The van der Waals surface area contributed by atoms with Crippen molar-refractivity contribution in [3.05, 3.63) is 70.4 Å². The molecule has 0 spiro atoms. The molecule has 0 bridgehead atoms. The van der Waals surface area contributed by atoms with Crippen molar-refractivity contribution >= 4 is 10.9 Å². The first-order valence-corrected chi connectivity index (χ1v) is 8.35. The SMILES string of the molecule is c1ccc2c3c([nH]c2c1)[C@H](c1ccc2c(c1)CCC2)NCC3. The Labute approximate surface area is 130 Å². The average molecular weight is 288 g/mol. The summed E-state index contributed by atoms with van der Waals surface area (Å²) in [6.07, 6.45) is 4.93. The van der Waals surface area contributed by atoms with Crippen molar-refractivity contribution in [2.45, 2.75) is 31.7 Å². The molecule has 5 rings (SSSR count). The van der Waals surface area contributed by atoms with Crippen LogP contribution in [0, 0.1) is 0 Å². The second-order valence-corrected chi connectivity index (χ2v) is 6.58. The topological polar surface area (TPSA) is 27.8 Å². The Morgan fingerprint density at radius 3 is 2.82 bits per heavy atom. The van der Waals surface area contributed by atoms with Crippen LogP contribution >= 0.6 is 0 Å². The van der Waals surface area contributed by atoms with Crippen molar-refractivity contribution in [3.63, 3.8) is 0 Å². The fourth-order valence-corrected chi connectivity index (χ4v) is 4.24. The molecule has 2 aliphatic rings. The van der Waals surface area contributed by atoms with Gasteiger partial charge in [0.2, 0.25) is 0 Å². The predicted molar refractivity (Wildman–Crippen MR) is 90.3 cm³/mol. The molecule has 0 saturated heterocycles. The summed E-state index contributed by atoms with van der Waals surface area (Å²) in [5.41, 5.74) is 8.65. The number of nitrogens with one attached hydrogen (secondary N) is 2. The zero-order valence-corrected chi connectivity index (χ0v) is 12.7. The Hall–Kier alpha value is -2.06. The number of benzene rings is 2. The van der Waals surface area contributed by atoms with Crippen LogP contribution < -0.4 is 5.32 Å². The summed E-state index contributed by atoms with van der Waals surface area (Å²) >= 11 is 0. The van der Waals surface area contributed by atoms with Gasteiger partial charge in [-0.25, -0.2) is 0 Å². The number of fused-ring (bicyclic) bond motifs is 4. The van der Waals surface area contributed by atoms with Gasteiger partial charge in [0, 0.05) is 23.1 Å². The van der Waals surface area contributed by atoms with Crippen LogP contribution in [0.15, 0.2) is 42.5 Å². The van der Waals surface area contributed by atoms with Gasteiger partial charge in [0.25, 0.3) is 0 Å². The van der Waals surface area contributed by atoms with Crippen LogP contribution in [-0.2, 0) is 19.3 Å². The van der Waals surface area contributed by atoms with Gasteiger partial charge in [-0.2, -0.15) is 0 Å². The number of rotatable bonds is 1. The lowest BCUT2D eigenvalue weighted by Gasteiger charge is -2.25. The molecule has 1 aliphatic heterocycles. The summed E-state index contributed by atoms with van der Waals surface area (Å²) in [6, 6.07) is 16.1. The Balaban J connectivity index is 1.65. The first-order chi connectivity index (χ1) is 10.9. The lowest BCUT2D eigenvalue weighted by Crippen LogP contribution is -2.30. The van der Waals surface area contributed by atoms with Gasteiger partial charge in [0.05, 0.1) is 6.04 Å². The largest absolute Gasteiger partial charge is 0.357 e. The molecular formula is C20H20N2. The van der Waals surface area contributed by atoms with E-state index in [0.29, 0.717) is 6.04 Å². The minimum absolute atomic E-state index is 0.307. The monoisotopic (exact) mass is 288 g/mol. The molecule has 22 heavy (non-hydrogen) atoms. The minimum atomic E-state index is 0.307. The number of aryl methyl sites for hydroxylation is 2. The van der Waals surface area contributed by atoms with Crippen molar-refractivity contribution in [1.29, 1.82) is 0 Å². The van der Waals surface area contributed by atoms with E-state index in [2.05, 4.69) is 52.8 Å². The zero-order chi connectivity index (χ0) is 14.5. The van der Waals surface area contributed by atoms with Crippen LogP contribution in [0.5, 0.6) is 0 Å². The Morgan fingerprint density at radius 2 is 1.82 bits per heavy atom. The van der Waals surface area contributed by atoms with Gasteiger partial charge in [0.15, 0.2) is 0 Å². The zero-order valence-electron chi connectivity index (χ0n) is 12.7. The average Bonchev–Trinajstić information content (AvgIpc) is 3.18. The van der Waals surface area contributed by atoms with Crippen molar-refractivity contribution in [3.8, 4) is 0 Å². The maximum absolute atomic E-state index is 3.71. The Morgan fingerprint density at radius 1 is 0.909 bits per heavy atom. The number of hydrogen-bond donors (Lipinski definition) is 2. The Bertz CT molecular complexity index is 859. The molecule has 2 aromatic carbocycles. The summed E-state index contributed by atoms with van der Waals surface area (Å²) in [6.45, 7) is 1.05. The fraction of sp³-hybridized carbons (Fsp3) is 0.300. The summed E-state index contributed by atoms with van der Waals surface area (Å²) < 4.78 is 0. The van der Waals surface area contributed by atoms with E-state index in [9.17, 15) is 0 Å². The molecule has 1 aliphatic carbocycles. The predicted octanol–water partition coefficient (Wildman–Crippen LogP) is 3.89. The number of H-pyrrole nitrogens is 1. The van der Waals surface area contributed by atoms with Gasteiger partial charge >= 0.3 is 0 Å². The van der Waals surface area contributed by atoms with E-state index in [0.717, 1.165) is 13.0 Å². The van der Waals surface area contributed by atoms with E-state index in [4.69, 9.17) is 0 Å². The lowest BCUT2D eigenvalue weighted by molar-refractivity contribution is 0.560. The van der Waals surface area contributed by atoms with Crippen LogP contribution in [0.4, 0.5) is 0 Å². The second kappa shape index (κ2) is 4.72.